The summed E-state index contributed by atoms with van der Waals surface area (Å²) in [5.41, 5.74) is 1.12. The lowest BCUT2D eigenvalue weighted by Crippen LogP contribution is -2.32. The maximum Gasteiger partial charge on any atom is 0.270 e. The van der Waals surface area contributed by atoms with Gasteiger partial charge in [-0.15, -0.1) is 11.3 Å². The van der Waals surface area contributed by atoms with Crippen molar-refractivity contribution in [2.24, 2.45) is 0 Å². The van der Waals surface area contributed by atoms with Crippen LogP contribution in [0, 0.1) is 6.92 Å². The smallest absolute Gasteiger partial charge is 0.270 e. The number of aromatic nitrogens is 2. The van der Waals surface area contributed by atoms with Crippen molar-refractivity contribution in [3.63, 3.8) is 0 Å². The standard InChI is InChI=1S/C16H14ClN3O2S/c1-10-2-5-14-19-8-12(16(22)20(14)9-10)15(21)18-7-6-11-3-4-13(17)23-11/h2-5,8-9H,6-7H2,1H3,(H,18,21). The molecule has 3 heterocycles. The Kier molecular flexibility index (Phi) is 4.45. The van der Waals surface area contributed by atoms with Crippen LogP contribution in [0.4, 0.5) is 0 Å². The molecule has 0 radical (unpaired) electrons. The first-order chi connectivity index (χ1) is 11.0. The summed E-state index contributed by atoms with van der Waals surface area (Å²) in [4.78, 5) is 29.9. The summed E-state index contributed by atoms with van der Waals surface area (Å²) in [6.07, 6.45) is 3.67. The minimum atomic E-state index is -0.416. The monoisotopic (exact) mass is 347 g/mol. The fourth-order valence-electron chi connectivity index (χ4n) is 2.22. The van der Waals surface area contributed by atoms with E-state index < -0.39 is 5.91 Å². The largest absolute Gasteiger partial charge is 0.351 e. The molecule has 5 nitrogen and oxygen atoms in total. The zero-order valence-corrected chi connectivity index (χ0v) is 13.9. The van der Waals surface area contributed by atoms with Gasteiger partial charge in [-0.25, -0.2) is 4.98 Å². The van der Waals surface area contributed by atoms with E-state index in [-0.39, 0.29) is 11.1 Å². The van der Waals surface area contributed by atoms with E-state index in [1.807, 2.05) is 25.1 Å². The van der Waals surface area contributed by atoms with E-state index in [2.05, 4.69) is 10.3 Å². The second kappa shape index (κ2) is 6.52. The maximum absolute atomic E-state index is 12.4. The number of aryl methyl sites for hydroxylation is 1. The van der Waals surface area contributed by atoms with Gasteiger partial charge in [0.15, 0.2) is 0 Å². The SMILES string of the molecule is Cc1ccc2ncc(C(=O)NCCc3ccc(Cl)s3)c(=O)n2c1. The van der Waals surface area contributed by atoms with Crippen LogP contribution < -0.4 is 10.9 Å². The molecular formula is C16H14ClN3O2S. The van der Waals surface area contributed by atoms with Gasteiger partial charge < -0.3 is 5.32 Å². The van der Waals surface area contributed by atoms with Gasteiger partial charge in [-0.3, -0.25) is 14.0 Å². The van der Waals surface area contributed by atoms with E-state index >= 15 is 0 Å². The Balaban J connectivity index is 1.75. The second-order valence-corrected chi connectivity index (χ2v) is 6.92. The maximum atomic E-state index is 12.4. The molecule has 0 saturated carbocycles. The number of nitrogens with one attached hydrogen (secondary N) is 1. The quantitative estimate of drug-likeness (QED) is 0.789. The van der Waals surface area contributed by atoms with Crippen molar-refractivity contribution in [1.29, 1.82) is 0 Å². The van der Waals surface area contributed by atoms with Gasteiger partial charge in [0.05, 0.1) is 4.34 Å². The van der Waals surface area contributed by atoms with Crippen molar-refractivity contribution >= 4 is 34.5 Å². The van der Waals surface area contributed by atoms with Crippen LogP contribution in [0.1, 0.15) is 20.8 Å². The molecule has 1 amide bonds. The van der Waals surface area contributed by atoms with Crippen molar-refractivity contribution in [2.45, 2.75) is 13.3 Å². The van der Waals surface area contributed by atoms with E-state index in [0.29, 0.717) is 18.6 Å². The topological polar surface area (TPSA) is 63.5 Å². The molecule has 0 aliphatic heterocycles. The van der Waals surface area contributed by atoms with E-state index in [0.717, 1.165) is 14.8 Å². The average molecular weight is 348 g/mol. The molecule has 0 spiro atoms. The Morgan fingerprint density at radius 2 is 2.17 bits per heavy atom. The molecule has 3 aromatic heterocycles. The first-order valence-corrected chi connectivity index (χ1v) is 8.24. The summed E-state index contributed by atoms with van der Waals surface area (Å²) < 4.78 is 2.11. The Hall–Kier alpha value is -2.18. The molecule has 3 aromatic rings. The van der Waals surface area contributed by atoms with E-state index in [9.17, 15) is 9.59 Å². The summed E-state index contributed by atoms with van der Waals surface area (Å²) in [6.45, 7) is 2.32. The molecular weight excluding hydrogens is 334 g/mol. The Labute approximate surface area is 141 Å². The number of halogens is 1. The van der Waals surface area contributed by atoms with Crippen molar-refractivity contribution in [1.82, 2.24) is 14.7 Å². The average Bonchev–Trinajstić information content (AvgIpc) is 2.93. The van der Waals surface area contributed by atoms with Crippen LogP contribution in [0.25, 0.3) is 5.65 Å². The number of rotatable bonds is 4. The van der Waals surface area contributed by atoms with Gasteiger partial charge in [0.2, 0.25) is 0 Å². The fraction of sp³-hybridized carbons (Fsp3) is 0.188. The third-order valence-corrected chi connectivity index (χ3v) is 4.67. The van der Waals surface area contributed by atoms with Gasteiger partial charge in [-0.2, -0.15) is 0 Å². The summed E-state index contributed by atoms with van der Waals surface area (Å²) in [6, 6.07) is 7.37. The lowest BCUT2D eigenvalue weighted by atomic mass is 10.2. The lowest BCUT2D eigenvalue weighted by Gasteiger charge is -2.06. The van der Waals surface area contributed by atoms with Gasteiger partial charge in [-0.1, -0.05) is 17.7 Å². The van der Waals surface area contributed by atoms with Gasteiger partial charge >= 0.3 is 0 Å². The Morgan fingerprint density at radius 1 is 1.35 bits per heavy atom. The van der Waals surface area contributed by atoms with Crippen LogP contribution in [-0.2, 0) is 6.42 Å². The Morgan fingerprint density at radius 3 is 2.91 bits per heavy atom. The third kappa shape index (κ3) is 3.43. The van der Waals surface area contributed by atoms with Crippen LogP contribution in [0.5, 0.6) is 0 Å². The fourth-order valence-corrected chi connectivity index (χ4v) is 3.31. The predicted molar refractivity (Wildman–Crippen MR) is 91.6 cm³/mol. The number of carbonyl (C=O) groups excluding carboxylic acids is 1. The zero-order valence-electron chi connectivity index (χ0n) is 12.4. The van der Waals surface area contributed by atoms with Gasteiger partial charge in [-0.05, 0) is 37.1 Å². The Bertz CT molecular complexity index is 932. The summed E-state index contributed by atoms with van der Waals surface area (Å²) >= 11 is 7.34. The second-order valence-electron chi connectivity index (χ2n) is 5.12. The molecule has 0 aliphatic carbocycles. The molecule has 0 aromatic carbocycles. The van der Waals surface area contributed by atoms with Crippen molar-refractivity contribution < 1.29 is 4.79 Å². The number of hydrogen-bond acceptors (Lipinski definition) is 4. The van der Waals surface area contributed by atoms with E-state index in [1.54, 1.807) is 12.3 Å². The molecule has 7 heteroatoms. The van der Waals surface area contributed by atoms with Crippen molar-refractivity contribution in [3.05, 3.63) is 67.4 Å². The highest BCUT2D eigenvalue weighted by Gasteiger charge is 2.13. The molecule has 0 aliphatic rings. The first kappa shape index (κ1) is 15.7. The van der Waals surface area contributed by atoms with Crippen molar-refractivity contribution in [2.75, 3.05) is 6.54 Å². The summed E-state index contributed by atoms with van der Waals surface area (Å²) in [5.74, 6) is -0.416. The minimum Gasteiger partial charge on any atom is -0.351 e. The number of amides is 1. The third-order valence-electron chi connectivity index (χ3n) is 3.38. The van der Waals surface area contributed by atoms with E-state index in [4.69, 9.17) is 11.6 Å². The number of fused-ring (bicyclic) bond motifs is 1. The highest BCUT2D eigenvalue weighted by Crippen LogP contribution is 2.21. The summed E-state index contributed by atoms with van der Waals surface area (Å²) in [7, 11) is 0. The van der Waals surface area contributed by atoms with Gasteiger partial charge in [0.25, 0.3) is 11.5 Å². The van der Waals surface area contributed by atoms with E-state index in [1.165, 1.54) is 21.9 Å². The predicted octanol–water partition coefficient (Wildman–Crippen LogP) is 2.69. The molecule has 0 bridgehead atoms. The van der Waals surface area contributed by atoms with Crippen LogP contribution in [0.15, 0.2) is 41.5 Å². The van der Waals surface area contributed by atoms with Gasteiger partial charge in [0.1, 0.15) is 11.2 Å². The molecule has 3 rings (SSSR count). The number of hydrogen-bond donors (Lipinski definition) is 1. The number of pyridine rings is 1. The number of thiophene rings is 1. The molecule has 1 N–H and O–H groups in total. The summed E-state index contributed by atoms with van der Waals surface area (Å²) in [5, 5.41) is 2.75. The van der Waals surface area contributed by atoms with Gasteiger partial charge in [0, 0.05) is 23.8 Å². The van der Waals surface area contributed by atoms with Crippen molar-refractivity contribution in [3.8, 4) is 0 Å². The van der Waals surface area contributed by atoms with Crippen LogP contribution in [0.2, 0.25) is 4.34 Å². The molecule has 0 fully saturated rings. The number of carbonyl (C=O) groups is 1. The molecule has 0 atom stereocenters. The van der Waals surface area contributed by atoms with Crippen LogP contribution in [-0.4, -0.2) is 21.8 Å². The number of nitrogens with zero attached hydrogens (tertiary/aromatic N) is 2. The molecule has 0 unspecified atom stereocenters. The normalized spacial score (nSPS) is 10.9. The minimum absolute atomic E-state index is 0.0392. The highest BCUT2D eigenvalue weighted by molar-refractivity contribution is 7.16. The van der Waals surface area contributed by atoms with Crippen LogP contribution in [0.3, 0.4) is 0 Å². The first-order valence-electron chi connectivity index (χ1n) is 7.05. The zero-order chi connectivity index (χ0) is 16.4. The molecule has 23 heavy (non-hydrogen) atoms. The molecule has 118 valence electrons. The molecule has 0 saturated heterocycles. The van der Waals surface area contributed by atoms with Crippen LogP contribution >= 0.6 is 22.9 Å². The highest BCUT2D eigenvalue weighted by atomic mass is 35.5. The lowest BCUT2D eigenvalue weighted by molar-refractivity contribution is 0.0952.